The average Bonchev–Trinajstić information content (AvgIpc) is 2.43. The summed E-state index contributed by atoms with van der Waals surface area (Å²) in [5.41, 5.74) is 2.25. The maximum atomic E-state index is 10.6. The van der Waals surface area contributed by atoms with Crippen LogP contribution in [0.5, 0.6) is 0 Å². The second-order valence-corrected chi connectivity index (χ2v) is 7.10. The van der Waals surface area contributed by atoms with Crippen LogP contribution in [0.15, 0.2) is 24.3 Å². The van der Waals surface area contributed by atoms with Crippen molar-refractivity contribution in [3.63, 3.8) is 0 Å². The van der Waals surface area contributed by atoms with Crippen LogP contribution < -0.4 is 4.90 Å². The predicted octanol–water partition coefficient (Wildman–Crippen LogP) is 2.99. The number of hydrogen-bond donors (Lipinski definition) is 1. The van der Waals surface area contributed by atoms with Gasteiger partial charge >= 0.3 is 5.97 Å². The molecule has 110 valence electrons. The van der Waals surface area contributed by atoms with Gasteiger partial charge in [-0.1, -0.05) is 19.9 Å². The molecule has 1 aromatic carbocycles. The van der Waals surface area contributed by atoms with Crippen molar-refractivity contribution in [1.82, 2.24) is 0 Å². The number of aliphatic carboxylic acids is 1. The molecule has 1 aliphatic rings. The number of carboxylic acid groups (broad SMARTS) is 1. The zero-order chi connectivity index (χ0) is 15.4. The standard InChI is InChI=1S/C16H18N2O2S/c1-11-9-18(10-12(2)21-11)15-5-3-13(4-6-16(19)20)7-14(15)8-17/h3-7,11-12H,9-10H2,1-2H3,(H,19,20)/b6-4+. The summed E-state index contributed by atoms with van der Waals surface area (Å²) in [6.45, 7) is 6.24. The minimum Gasteiger partial charge on any atom is -0.478 e. The first-order chi connectivity index (χ1) is 9.99. The molecule has 21 heavy (non-hydrogen) atoms. The molecule has 5 heteroatoms. The average molecular weight is 302 g/mol. The molecule has 1 fully saturated rings. The molecule has 2 unspecified atom stereocenters. The second-order valence-electron chi connectivity index (χ2n) is 5.22. The molecule has 0 radical (unpaired) electrons. The lowest BCUT2D eigenvalue weighted by Gasteiger charge is -2.36. The van der Waals surface area contributed by atoms with Gasteiger partial charge in [0.1, 0.15) is 6.07 Å². The first-order valence-corrected chi connectivity index (χ1v) is 7.79. The van der Waals surface area contributed by atoms with Crippen LogP contribution in [0.25, 0.3) is 6.08 Å². The zero-order valence-corrected chi connectivity index (χ0v) is 12.9. The smallest absolute Gasteiger partial charge is 0.328 e. The Kier molecular flexibility index (Phi) is 4.92. The van der Waals surface area contributed by atoms with E-state index in [1.807, 2.05) is 23.9 Å². The van der Waals surface area contributed by atoms with Gasteiger partial charge in [-0.3, -0.25) is 0 Å². The van der Waals surface area contributed by atoms with Crippen molar-refractivity contribution in [1.29, 1.82) is 5.26 Å². The highest BCUT2D eigenvalue weighted by atomic mass is 32.2. The lowest BCUT2D eigenvalue weighted by Crippen LogP contribution is -2.40. The van der Waals surface area contributed by atoms with E-state index in [1.165, 1.54) is 6.08 Å². The van der Waals surface area contributed by atoms with Crippen molar-refractivity contribution < 1.29 is 9.90 Å². The van der Waals surface area contributed by atoms with E-state index < -0.39 is 5.97 Å². The molecule has 2 atom stereocenters. The van der Waals surface area contributed by atoms with E-state index in [-0.39, 0.29) is 0 Å². The fourth-order valence-corrected chi connectivity index (χ4v) is 3.89. The fraction of sp³-hybridized carbons (Fsp3) is 0.375. The van der Waals surface area contributed by atoms with Gasteiger partial charge in [-0.05, 0) is 23.8 Å². The number of benzene rings is 1. The van der Waals surface area contributed by atoms with Gasteiger partial charge in [0.15, 0.2) is 0 Å². The Labute approximate surface area is 129 Å². The van der Waals surface area contributed by atoms with E-state index in [0.717, 1.165) is 30.4 Å². The second kappa shape index (κ2) is 6.68. The van der Waals surface area contributed by atoms with Crippen LogP contribution in [0.2, 0.25) is 0 Å². The monoisotopic (exact) mass is 302 g/mol. The molecule has 0 amide bonds. The van der Waals surface area contributed by atoms with Gasteiger partial charge in [0.2, 0.25) is 0 Å². The number of nitriles is 1. The lowest BCUT2D eigenvalue weighted by molar-refractivity contribution is -0.131. The predicted molar refractivity (Wildman–Crippen MR) is 86.6 cm³/mol. The Morgan fingerprint density at radius 2 is 2.10 bits per heavy atom. The normalized spacial score (nSPS) is 22.2. The Balaban J connectivity index is 2.28. The van der Waals surface area contributed by atoms with Crippen LogP contribution in [0.3, 0.4) is 0 Å². The van der Waals surface area contributed by atoms with E-state index in [4.69, 9.17) is 5.11 Å². The third kappa shape index (κ3) is 4.02. The fourth-order valence-electron chi connectivity index (χ4n) is 2.56. The van der Waals surface area contributed by atoms with Gasteiger partial charge in [-0.2, -0.15) is 17.0 Å². The van der Waals surface area contributed by atoms with Crippen molar-refractivity contribution in [2.45, 2.75) is 24.3 Å². The van der Waals surface area contributed by atoms with Crippen LogP contribution >= 0.6 is 11.8 Å². The number of carbonyl (C=O) groups is 1. The van der Waals surface area contributed by atoms with Gasteiger partial charge in [-0.25, -0.2) is 4.79 Å². The summed E-state index contributed by atoms with van der Waals surface area (Å²) in [6, 6.07) is 7.73. The van der Waals surface area contributed by atoms with E-state index in [2.05, 4.69) is 24.8 Å². The minimum atomic E-state index is -0.992. The van der Waals surface area contributed by atoms with Crippen molar-refractivity contribution in [2.75, 3.05) is 18.0 Å². The molecule has 0 spiro atoms. The molecule has 1 heterocycles. The summed E-state index contributed by atoms with van der Waals surface area (Å²) in [5.74, 6) is -0.992. The van der Waals surface area contributed by atoms with Crippen molar-refractivity contribution in [3.05, 3.63) is 35.4 Å². The SMILES string of the molecule is CC1CN(c2ccc(/C=C/C(=O)O)cc2C#N)CC(C)S1. The number of anilines is 1. The summed E-state index contributed by atoms with van der Waals surface area (Å²) >= 11 is 1.97. The summed E-state index contributed by atoms with van der Waals surface area (Å²) in [6.07, 6.45) is 2.59. The first-order valence-electron chi connectivity index (χ1n) is 6.85. The number of thioether (sulfide) groups is 1. The third-order valence-corrected chi connectivity index (χ3v) is 4.55. The van der Waals surface area contributed by atoms with E-state index >= 15 is 0 Å². The summed E-state index contributed by atoms with van der Waals surface area (Å²) < 4.78 is 0. The maximum Gasteiger partial charge on any atom is 0.328 e. The van der Waals surface area contributed by atoms with E-state index in [9.17, 15) is 10.1 Å². The molecule has 4 nitrogen and oxygen atoms in total. The van der Waals surface area contributed by atoms with Crippen molar-refractivity contribution in [2.24, 2.45) is 0 Å². The van der Waals surface area contributed by atoms with Crippen LogP contribution in [-0.2, 0) is 4.79 Å². The highest BCUT2D eigenvalue weighted by molar-refractivity contribution is 8.00. The summed E-state index contributed by atoms with van der Waals surface area (Å²) in [7, 11) is 0. The first kappa shape index (κ1) is 15.5. The van der Waals surface area contributed by atoms with E-state index in [1.54, 1.807) is 6.07 Å². The summed E-state index contributed by atoms with van der Waals surface area (Å²) in [5, 5.41) is 19.1. The molecular weight excluding hydrogens is 284 g/mol. The quantitative estimate of drug-likeness (QED) is 0.870. The van der Waals surface area contributed by atoms with Crippen molar-refractivity contribution in [3.8, 4) is 6.07 Å². The molecule has 0 bridgehead atoms. The van der Waals surface area contributed by atoms with Gasteiger partial charge in [-0.15, -0.1) is 0 Å². The minimum absolute atomic E-state index is 0.534. The Morgan fingerprint density at radius 1 is 1.43 bits per heavy atom. The largest absolute Gasteiger partial charge is 0.478 e. The zero-order valence-electron chi connectivity index (χ0n) is 12.1. The Hall–Kier alpha value is -1.93. The van der Waals surface area contributed by atoms with Crippen LogP contribution in [0.1, 0.15) is 25.0 Å². The molecule has 1 saturated heterocycles. The van der Waals surface area contributed by atoms with Crippen LogP contribution in [-0.4, -0.2) is 34.7 Å². The van der Waals surface area contributed by atoms with E-state index in [0.29, 0.717) is 16.1 Å². The molecule has 0 saturated carbocycles. The maximum absolute atomic E-state index is 10.6. The molecule has 1 aromatic rings. The highest BCUT2D eigenvalue weighted by Gasteiger charge is 2.24. The van der Waals surface area contributed by atoms with Gasteiger partial charge in [0.05, 0.1) is 11.3 Å². The molecule has 1 aliphatic heterocycles. The van der Waals surface area contributed by atoms with Crippen molar-refractivity contribution >= 4 is 29.5 Å². The third-order valence-electron chi connectivity index (χ3n) is 3.32. The number of nitrogens with zero attached hydrogens (tertiary/aromatic N) is 2. The van der Waals surface area contributed by atoms with Gasteiger partial charge in [0, 0.05) is 29.7 Å². The van der Waals surface area contributed by atoms with Gasteiger partial charge < -0.3 is 10.0 Å². The molecular formula is C16H18N2O2S. The van der Waals surface area contributed by atoms with Crippen LogP contribution in [0.4, 0.5) is 5.69 Å². The number of carboxylic acids is 1. The van der Waals surface area contributed by atoms with Crippen LogP contribution in [0, 0.1) is 11.3 Å². The Bertz CT molecular complexity index is 597. The molecule has 1 N–H and O–H groups in total. The highest BCUT2D eigenvalue weighted by Crippen LogP contribution is 2.30. The topological polar surface area (TPSA) is 64.3 Å². The number of hydrogen-bond acceptors (Lipinski definition) is 4. The molecule has 0 aliphatic carbocycles. The van der Waals surface area contributed by atoms with Gasteiger partial charge in [0.25, 0.3) is 0 Å². The molecule has 0 aromatic heterocycles. The molecule has 2 rings (SSSR count). The number of rotatable bonds is 3. The summed E-state index contributed by atoms with van der Waals surface area (Å²) in [4.78, 5) is 12.8. The Morgan fingerprint density at radius 3 is 2.67 bits per heavy atom. The lowest BCUT2D eigenvalue weighted by atomic mass is 10.1.